The molecule has 0 saturated heterocycles. The summed E-state index contributed by atoms with van der Waals surface area (Å²) >= 11 is 1.07. The molecule has 0 amide bonds. The van der Waals surface area contributed by atoms with Crippen molar-refractivity contribution in [3.8, 4) is 34.2 Å². The molecule has 0 aliphatic carbocycles. The van der Waals surface area contributed by atoms with Crippen LogP contribution in [0.2, 0.25) is 0 Å². The van der Waals surface area contributed by atoms with Gasteiger partial charge in [-0.05, 0) is 30.7 Å². The lowest BCUT2D eigenvalue weighted by molar-refractivity contribution is -0.136. The number of nitrogens with zero attached hydrogens (tertiary/aromatic N) is 2. The average molecular weight is 390 g/mol. The van der Waals surface area contributed by atoms with Crippen molar-refractivity contribution >= 4 is 17.7 Å². The Morgan fingerprint density at radius 2 is 1.82 bits per heavy atom. The summed E-state index contributed by atoms with van der Waals surface area (Å²) in [5.74, 6) is -0.236. The zero-order valence-electron chi connectivity index (χ0n) is 15.4. The number of benzene rings is 2. The molecule has 0 spiro atoms. The molecule has 3 rings (SSSR count). The Hall–Kier alpha value is -3.30. The molecule has 1 N–H and O–H groups in total. The molecule has 3 aromatic rings. The Labute approximate surface area is 167 Å². The second-order valence-corrected chi connectivity index (χ2v) is 7.37. The van der Waals surface area contributed by atoms with E-state index in [1.54, 1.807) is 14.0 Å². The number of thioether (sulfide) groups is 1. The molecular formula is C22H18N2O3S. The number of carboxylic acids is 1. The fraction of sp³-hybridized carbons (Fsp3) is 0.136. The van der Waals surface area contributed by atoms with Gasteiger partial charge in [-0.2, -0.15) is 5.26 Å². The number of aromatic nitrogens is 1. The molecule has 0 saturated carbocycles. The van der Waals surface area contributed by atoms with Gasteiger partial charge in [0.25, 0.3) is 0 Å². The first-order valence-electron chi connectivity index (χ1n) is 8.58. The monoisotopic (exact) mass is 390 g/mol. The zero-order chi connectivity index (χ0) is 20.1. The average Bonchev–Trinajstić information content (AvgIpc) is 2.73. The number of carboxylic acid groups (broad SMARTS) is 1. The van der Waals surface area contributed by atoms with E-state index in [9.17, 15) is 15.2 Å². The van der Waals surface area contributed by atoms with E-state index < -0.39 is 11.2 Å². The summed E-state index contributed by atoms with van der Waals surface area (Å²) in [6.07, 6.45) is 0. The molecule has 28 heavy (non-hydrogen) atoms. The predicted octanol–water partition coefficient (Wildman–Crippen LogP) is 4.86. The lowest BCUT2D eigenvalue weighted by Gasteiger charge is -2.14. The van der Waals surface area contributed by atoms with Crippen LogP contribution in [-0.4, -0.2) is 28.4 Å². The van der Waals surface area contributed by atoms with E-state index in [-0.39, 0.29) is 0 Å². The summed E-state index contributed by atoms with van der Waals surface area (Å²) in [4.78, 5) is 15.9. The van der Waals surface area contributed by atoms with Crippen LogP contribution in [0, 0.1) is 11.3 Å². The third-order valence-corrected chi connectivity index (χ3v) is 5.28. The highest BCUT2D eigenvalue weighted by atomic mass is 32.2. The molecule has 0 radical (unpaired) electrons. The lowest BCUT2D eigenvalue weighted by Crippen LogP contribution is -2.12. The van der Waals surface area contributed by atoms with E-state index in [4.69, 9.17) is 4.74 Å². The van der Waals surface area contributed by atoms with Crippen molar-refractivity contribution in [3.63, 3.8) is 0 Å². The molecule has 2 aromatic carbocycles. The second kappa shape index (κ2) is 8.59. The van der Waals surface area contributed by atoms with Gasteiger partial charge in [0.05, 0.1) is 18.4 Å². The molecule has 0 bridgehead atoms. The fourth-order valence-corrected chi connectivity index (χ4v) is 3.55. The van der Waals surface area contributed by atoms with E-state index in [2.05, 4.69) is 11.1 Å². The van der Waals surface area contributed by atoms with Crippen LogP contribution in [0.3, 0.4) is 0 Å². The van der Waals surface area contributed by atoms with Crippen LogP contribution in [0.1, 0.15) is 12.5 Å². The summed E-state index contributed by atoms with van der Waals surface area (Å²) in [6, 6.07) is 21.1. The molecule has 0 unspecified atom stereocenters. The molecule has 6 heteroatoms. The molecule has 1 atom stereocenters. The maximum Gasteiger partial charge on any atom is 0.316 e. The van der Waals surface area contributed by atoms with Crippen molar-refractivity contribution in [1.82, 2.24) is 4.98 Å². The highest BCUT2D eigenvalue weighted by Gasteiger charge is 2.20. The normalized spacial score (nSPS) is 11.5. The number of nitriles is 1. The Morgan fingerprint density at radius 3 is 2.39 bits per heavy atom. The van der Waals surface area contributed by atoms with Crippen LogP contribution < -0.4 is 4.74 Å². The van der Waals surface area contributed by atoms with Gasteiger partial charge in [0, 0.05) is 11.1 Å². The molecule has 5 nitrogen and oxygen atoms in total. The molecule has 140 valence electrons. The summed E-state index contributed by atoms with van der Waals surface area (Å²) in [7, 11) is 1.59. The van der Waals surface area contributed by atoms with Crippen molar-refractivity contribution in [2.45, 2.75) is 17.2 Å². The highest BCUT2D eigenvalue weighted by molar-refractivity contribution is 8.00. The van der Waals surface area contributed by atoms with E-state index in [1.807, 2.05) is 60.7 Å². The highest BCUT2D eigenvalue weighted by Crippen LogP contribution is 2.36. The van der Waals surface area contributed by atoms with Crippen LogP contribution in [0.4, 0.5) is 0 Å². The van der Waals surface area contributed by atoms with Crippen molar-refractivity contribution in [2.24, 2.45) is 0 Å². The minimum Gasteiger partial charge on any atom is -0.497 e. The Morgan fingerprint density at radius 1 is 1.14 bits per heavy atom. The minimum absolute atomic E-state index is 0.364. The van der Waals surface area contributed by atoms with Crippen LogP contribution in [-0.2, 0) is 4.79 Å². The standard InChI is InChI=1S/C22H18N2O3S/c1-14(22(25)26)28-21-19(13-23)18(15-8-10-17(27-2)11-9-15)12-20(24-21)16-6-4-3-5-7-16/h3-12,14H,1-2H3,(H,25,26)/t14-/m0/s1. The maximum atomic E-state index is 11.3. The molecule has 1 heterocycles. The predicted molar refractivity (Wildman–Crippen MR) is 109 cm³/mol. The summed E-state index contributed by atoms with van der Waals surface area (Å²) in [5.41, 5.74) is 3.49. The van der Waals surface area contributed by atoms with Gasteiger partial charge in [-0.25, -0.2) is 4.98 Å². The smallest absolute Gasteiger partial charge is 0.316 e. The third kappa shape index (κ3) is 4.16. The summed E-state index contributed by atoms with van der Waals surface area (Å²) in [5, 5.41) is 18.8. The van der Waals surface area contributed by atoms with Crippen molar-refractivity contribution < 1.29 is 14.6 Å². The van der Waals surface area contributed by atoms with Gasteiger partial charge in [0.2, 0.25) is 0 Å². The summed E-state index contributed by atoms with van der Waals surface area (Å²) in [6.45, 7) is 1.58. The lowest BCUT2D eigenvalue weighted by atomic mass is 9.99. The van der Waals surface area contributed by atoms with E-state index >= 15 is 0 Å². The van der Waals surface area contributed by atoms with Crippen LogP contribution >= 0.6 is 11.8 Å². The van der Waals surface area contributed by atoms with Gasteiger partial charge in [0.1, 0.15) is 22.1 Å². The number of ether oxygens (including phenoxy) is 1. The van der Waals surface area contributed by atoms with E-state index in [1.165, 1.54) is 0 Å². The van der Waals surface area contributed by atoms with Gasteiger partial charge < -0.3 is 9.84 Å². The maximum absolute atomic E-state index is 11.3. The molecule has 0 fully saturated rings. The molecular weight excluding hydrogens is 372 g/mol. The van der Waals surface area contributed by atoms with Gasteiger partial charge in [-0.15, -0.1) is 0 Å². The first-order chi connectivity index (χ1) is 13.5. The minimum atomic E-state index is -0.952. The van der Waals surface area contributed by atoms with Gasteiger partial charge >= 0.3 is 5.97 Å². The topological polar surface area (TPSA) is 83.2 Å². The van der Waals surface area contributed by atoms with Crippen molar-refractivity contribution in [3.05, 3.63) is 66.2 Å². The quantitative estimate of drug-likeness (QED) is 0.605. The number of carbonyl (C=O) groups is 1. The van der Waals surface area contributed by atoms with Gasteiger partial charge in [0.15, 0.2) is 0 Å². The van der Waals surface area contributed by atoms with Crippen molar-refractivity contribution in [2.75, 3.05) is 7.11 Å². The van der Waals surface area contributed by atoms with Crippen LogP contribution in [0.5, 0.6) is 5.75 Å². The number of methoxy groups -OCH3 is 1. The fourth-order valence-electron chi connectivity index (χ4n) is 2.69. The molecule has 1 aromatic heterocycles. The van der Waals surface area contributed by atoms with E-state index in [0.717, 1.165) is 22.9 Å². The number of hydrogen-bond acceptors (Lipinski definition) is 5. The zero-order valence-corrected chi connectivity index (χ0v) is 16.2. The Bertz CT molecular complexity index is 1030. The first-order valence-corrected chi connectivity index (χ1v) is 9.46. The summed E-state index contributed by atoms with van der Waals surface area (Å²) < 4.78 is 5.21. The van der Waals surface area contributed by atoms with E-state index in [0.29, 0.717) is 27.6 Å². The Kier molecular flexibility index (Phi) is 5.97. The number of rotatable bonds is 6. The number of pyridine rings is 1. The van der Waals surface area contributed by atoms with Gasteiger partial charge in [-0.3, -0.25) is 4.79 Å². The second-order valence-electron chi connectivity index (χ2n) is 6.04. The molecule has 0 aliphatic rings. The number of aliphatic carboxylic acids is 1. The van der Waals surface area contributed by atoms with Gasteiger partial charge in [-0.1, -0.05) is 54.2 Å². The number of hydrogen-bond donors (Lipinski definition) is 1. The van der Waals surface area contributed by atoms with Crippen LogP contribution in [0.25, 0.3) is 22.4 Å². The Balaban J connectivity index is 2.20. The largest absolute Gasteiger partial charge is 0.497 e. The first kappa shape index (κ1) is 19.5. The van der Waals surface area contributed by atoms with Crippen molar-refractivity contribution in [1.29, 1.82) is 5.26 Å². The SMILES string of the molecule is COc1ccc(-c2cc(-c3ccccc3)nc(S[C@@H](C)C(=O)O)c2C#N)cc1. The third-order valence-electron chi connectivity index (χ3n) is 4.20. The van der Waals surface area contributed by atoms with Crippen LogP contribution in [0.15, 0.2) is 65.7 Å². The molecule has 0 aliphatic heterocycles.